The molecule has 1 aliphatic rings. The molecular formula is C11H19BrF2. The fraction of sp³-hybridized carbons (Fsp3) is 1.00. The van der Waals surface area contributed by atoms with E-state index in [0.717, 1.165) is 11.8 Å². The van der Waals surface area contributed by atoms with Crippen LogP contribution in [-0.2, 0) is 0 Å². The third-order valence-corrected chi connectivity index (χ3v) is 4.56. The number of rotatable bonds is 3. The van der Waals surface area contributed by atoms with Gasteiger partial charge in [0.1, 0.15) is 0 Å². The molecule has 84 valence electrons. The lowest BCUT2D eigenvalue weighted by Crippen LogP contribution is -2.28. The van der Waals surface area contributed by atoms with Crippen molar-refractivity contribution < 1.29 is 8.78 Å². The van der Waals surface area contributed by atoms with Crippen LogP contribution in [0.25, 0.3) is 0 Å². The number of hydrogen-bond donors (Lipinski definition) is 0. The van der Waals surface area contributed by atoms with Gasteiger partial charge in [-0.2, -0.15) is 0 Å². The summed E-state index contributed by atoms with van der Waals surface area (Å²) in [5.41, 5.74) is 0.247. The molecule has 0 radical (unpaired) electrons. The second-order valence-corrected chi connectivity index (χ2v) is 5.86. The first-order valence-electron chi connectivity index (χ1n) is 5.28. The normalized spacial score (nSPS) is 23.8. The molecule has 1 fully saturated rings. The van der Waals surface area contributed by atoms with Crippen LogP contribution in [0.4, 0.5) is 8.78 Å². The summed E-state index contributed by atoms with van der Waals surface area (Å²) < 4.78 is 25.8. The highest BCUT2D eigenvalue weighted by molar-refractivity contribution is 9.09. The quantitative estimate of drug-likeness (QED) is 0.655. The van der Waals surface area contributed by atoms with E-state index >= 15 is 0 Å². The number of halogens is 3. The van der Waals surface area contributed by atoms with Crippen molar-refractivity contribution in [2.45, 2.75) is 51.9 Å². The van der Waals surface area contributed by atoms with Crippen LogP contribution in [0.1, 0.15) is 46.0 Å². The standard InChI is InChI=1S/C11H19BrF2/c1-10(2,8-12)7-9-3-5-11(13,14)6-4-9/h9H,3-8H2,1-2H3. The van der Waals surface area contributed by atoms with Crippen LogP contribution in [0.5, 0.6) is 0 Å². The second-order valence-electron chi connectivity index (χ2n) is 5.30. The Labute approximate surface area is 93.6 Å². The molecule has 1 saturated carbocycles. The predicted octanol–water partition coefficient (Wildman–Crippen LogP) is 4.62. The molecule has 0 aliphatic heterocycles. The van der Waals surface area contributed by atoms with Crippen molar-refractivity contribution in [2.75, 3.05) is 5.33 Å². The van der Waals surface area contributed by atoms with Gasteiger partial charge in [0.15, 0.2) is 0 Å². The summed E-state index contributed by atoms with van der Waals surface area (Å²) in [6.45, 7) is 4.38. The van der Waals surface area contributed by atoms with Crippen molar-refractivity contribution in [1.29, 1.82) is 0 Å². The van der Waals surface area contributed by atoms with Gasteiger partial charge in [0.25, 0.3) is 0 Å². The molecule has 0 N–H and O–H groups in total. The van der Waals surface area contributed by atoms with Gasteiger partial charge in [-0.1, -0.05) is 29.8 Å². The Balaban J connectivity index is 2.36. The molecule has 0 unspecified atom stereocenters. The minimum atomic E-state index is -2.38. The van der Waals surface area contributed by atoms with E-state index in [0.29, 0.717) is 18.8 Å². The van der Waals surface area contributed by atoms with Gasteiger partial charge in [-0.05, 0) is 30.6 Å². The van der Waals surface area contributed by atoms with E-state index in [1.807, 2.05) is 0 Å². The van der Waals surface area contributed by atoms with Crippen LogP contribution in [0.15, 0.2) is 0 Å². The molecule has 0 aromatic carbocycles. The van der Waals surface area contributed by atoms with Crippen molar-refractivity contribution in [3.8, 4) is 0 Å². The van der Waals surface area contributed by atoms with Crippen molar-refractivity contribution in [3.63, 3.8) is 0 Å². The summed E-state index contributed by atoms with van der Waals surface area (Å²) in [7, 11) is 0. The van der Waals surface area contributed by atoms with E-state index in [-0.39, 0.29) is 18.3 Å². The molecule has 0 aromatic heterocycles. The average molecular weight is 269 g/mol. The lowest BCUT2D eigenvalue weighted by Gasteiger charge is -2.33. The Kier molecular flexibility index (Phi) is 3.95. The molecule has 0 aromatic rings. The van der Waals surface area contributed by atoms with E-state index in [1.54, 1.807) is 0 Å². The monoisotopic (exact) mass is 268 g/mol. The summed E-state index contributed by atoms with van der Waals surface area (Å²) in [4.78, 5) is 0. The Bertz CT molecular complexity index is 180. The van der Waals surface area contributed by atoms with Crippen LogP contribution in [-0.4, -0.2) is 11.3 Å². The summed E-state index contributed by atoms with van der Waals surface area (Å²) in [6.07, 6.45) is 2.65. The zero-order chi connectivity index (χ0) is 10.8. The van der Waals surface area contributed by atoms with Crippen LogP contribution in [0.3, 0.4) is 0 Å². The van der Waals surface area contributed by atoms with E-state index < -0.39 is 5.92 Å². The van der Waals surface area contributed by atoms with E-state index in [1.165, 1.54) is 0 Å². The van der Waals surface area contributed by atoms with Crippen LogP contribution >= 0.6 is 15.9 Å². The van der Waals surface area contributed by atoms with Gasteiger partial charge in [-0.25, -0.2) is 8.78 Å². The van der Waals surface area contributed by atoms with Crippen LogP contribution in [0.2, 0.25) is 0 Å². The first-order valence-corrected chi connectivity index (χ1v) is 6.41. The Hall–Kier alpha value is 0.340. The molecule has 0 bridgehead atoms. The molecule has 0 atom stereocenters. The topological polar surface area (TPSA) is 0 Å². The van der Waals surface area contributed by atoms with Crippen LogP contribution in [0, 0.1) is 11.3 Å². The second kappa shape index (κ2) is 4.46. The molecule has 1 rings (SSSR count). The van der Waals surface area contributed by atoms with E-state index in [4.69, 9.17) is 0 Å². The van der Waals surface area contributed by atoms with Gasteiger partial charge in [-0.15, -0.1) is 0 Å². The third kappa shape index (κ3) is 3.84. The van der Waals surface area contributed by atoms with Gasteiger partial charge >= 0.3 is 0 Å². The zero-order valence-corrected chi connectivity index (χ0v) is 10.5. The summed E-state index contributed by atoms with van der Waals surface area (Å²) in [5, 5.41) is 0.951. The van der Waals surface area contributed by atoms with Crippen molar-refractivity contribution in [1.82, 2.24) is 0 Å². The predicted molar refractivity (Wildman–Crippen MR) is 59.1 cm³/mol. The van der Waals surface area contributed by atoms with Gasteiger partial charge < -0.3 is 0 Å². The van der Waals surface area contributed by atoms with Gasteiger partial charge in [0, 0.05) is 18.2 Å². The fourth-order valence-corrected chi connectivity index (χ4v) is 2.37. The SMILES string of the molecule is CC(C)(CBr)CC1CCC(F)(F)CC1. The molecular weight excluding hydrogens is 250 g/mol. The Morgan fingerprint density at radius 2 is 1.79 bits per heavy atom. The van der Waals surface area contributed by atoms with E-state index in [2.05, 4.69) is 29.8 Å². The van der Waals surface area contributed by atoms with E-state index in [9.17, 15) is 8.78 Å². The third-order valence-electron chi connectivity index (χ3n) is 3.04. The van der Waals surface area contributed by atoms with Crippen LogP contribution < -0.4 is 0 Å². The summed E-state index contributed by atoms with van der Waals surface area (Å²) in [6, 6.07) is 0. The lowest BCUT2D eigenvalue weighted by atomic mass is 9.77. The van der Waals surface area contributed by atoms with Crippen molar-refractivity contribution in [3.05, 3.63) is 0 Å². The van der Waals surface area contributed by atoms with Gasteiger partial charge in [0.2, 0.25) is 5.92 Å². The maximum atomic E-state index is 12.9. The number of hydrogen-bond acceptors (Lipinski definition) is 0. The fourth-order valence-electron chi connectivity index (χ4n) is 2.14. The van der Waals surface area contributed by atoms with Gasteiger partial charge in [0.05, 0.1) is 0 Å². The highest BCUT2D eigenvalue weighted by Crippen LogP contribution is 2.41. The van der Waals surface area contributed by atoms with Crippen molar-refractivity contribution in [2.24, 2.45) is 11.3 Å². The maximum Gasteiger partial charge on any atom is 0.248 e. The maximum absolute atomic E-state index is 12.9. The molecule has 3 heteroatoms. The molecule has 0 spiro atoms. The summed E-state index contributed by atoms with van der Waals surface area (Å²) in [5.74, 6) is -1.88. The summed E-state index contributed by atoms with van der Waals surface area (Å²) >= 11 is 3.47. The zero-order valence-electron chi connectivity index (χ0n) is 8.95. The van der Waals surface area contributed by atoms with Crippen molar-refractivity contribution >= 4 is 15.9 Å². The molecule has 14 heavy (non-hydrogen) atoms. The molecule has 0 saturated heterocycles. The molecule has 1 aliphatic carbocycles. The highest BCUT2D eigenvalue weighted by atomic mass is 79.9. The largest absolute Gasteiger partial charge is 0.248 e. The minimum Gasteiger partial charge on any atom is -0.207 e. The molecule has 0 amide bonds. The lowest BCUT2D eigenvalue weighted by molar-refractivity contribution is -0.0493. The number of alkyl halides is 3. The smallest absolute Gasteiger partial charge is 0.207 e. The Morgan fingerprint density at radius 3 is 2.21 bits per heavy atom. The van der Waals surface area contributed by atoms with Gasteiger partial charge in [-0.3, -0.25) is 0 Å². The highest BCUT2D eigenvalue weighted by Gasteiger charge is 2.36. The molecule has 0 nitrogen and oxygen atoms in total. The first kappa shape index (κ1) is 12.4. The minimum absolute atomic E-state index is 0.0933. The molecule has 0 heterocycles. The Morgan fingerprint density at radius 1 is 1.29 bits per heavy atom. The average Bonchev–Trinajstić information content (AvgIpc) is 2.09. The first-order chi connectivity index (χ1) is 6.35.